The second kappa shape index (κ2) is 8.69. The molecule has 0 bridgehead atoms. The molecule has 0 saturated heterocycles. The number of rotatable bonds is 6. The van der Waals surface area contributed by atoms with Gasteiger partial charge in [-0.3, -0.25) is 9.10 Å². The first kappa shape index (κ1) is 21.8. The third-order valence-corrected chi connectivity index (χ3v) is 6.10. The Morgan fingerprint density at radius 3 is 2.33 bits per heavy atom. The van der Waals surface area contributed by atoms with E-state index in [9.17, 15) is 13.2 Å². The molecule has 0 unspecified atom stereocenters. The van der Waals surface area contributed by atoms with Gasteiger partial charge in [0, 0.05) is 5.69 Å². The number of benzene rings is 2. The Morgan fingerprint density at radius 2 is 1.74 bits per heavy atom. The fourth-order valence-electron chi connectivity index (χ4n) is 2.60. The van der Waals surface area contributed by atoms with Gasteiger partial charge in [0.05, 0.1) is 27.0 Å². The summed E-state index contributed by atoms with van der Waals surface area (Å²) in [5.41, 5.74) is 2.62. The van der Waals surface area contributed by atoms with Crippen LogP contribution in [0.1, 0.15) is 18.1 Å². The first-order valence-electron chi connectivity index (χ1n) is 8.05. The van der Waals surface area contributed by atoms with Gasteiger partial charge in [0.2, 0.25) is 15.9 Å². The van der Waals surface area contributed by atoms with Gasteiger partial charge in [-0.2, -0.15) is 0 Å². The molecule has 0 fully saturated rings. The van der Waals surface area contributed by atoms with Crippen molar-refractivity contribution in [1.82, 2.24) is 0 Å². The fraction of sp³-hybridized carbons (Fsp3) is 0.278. The van der Waals surface area contributed by atoms with Crippen LogP contribution in [0, 0.1) is 6.92 Å². The molecule has 2 aromatic rings. The van der Waals surface area contributed by atoms with E-state index < -0.39 is 22.5 Å². The Morgan fingerprint density at radius 1 is 1.11 bits per heavy atom. The van der Waals surface area contributed by atoms with Crippen molar-refractivity contribution in [3.05, 3.63) is 56.5 Å². The van der Waals surface area contributed by atoms with Gasteiger partial charge >= 0.3 is 0 Å². The summed E-state index contributed by atoms with van der Waals surface area (Å²) < 4.78 is 25.4. The van der Waals surface area contributed by atoms with E-state index in [1.54, 1.807) is 0 Å². The summed E-state index contributed by atoms with van der Waals surface area (Å²) in [5.74, 6) is -0.494. The van der Waals surface area contributed by atoms with E-state index in [-0.39, 0.29) is 20.8 Å². The SMILES string of the molecule is CCc1cccc(C)c1NC(=O)CN(c1cc(Cl)c(Cl)cc1Cl)S(C)(=O)=O. The molecule has 0 aliphatic heterocycles. The van der Waals surface area contributed by atoms with Crippen molar-refractivity contribution in [3.8, 4) is 0 Å². The highest BCUT2D eigenvalue weighted by atomic mass is 35.5. The average molecular weight is 450 g/mol. The maximum Gasteiger partial charge on any atom is 0.245 e. The molecule has 0 saturated carbocycles. The van der Waals surface area contributed by atoms with E-state index in [2.05, 4.69) is 5.32 Å². The predicted octanol–water partition coefficient (Wildman–Crippen LogP) is 4.92. The zero-order chi connectivity index (χ0) is 20.4. The highest BCUT2D eigenvalue weighted by Gasteiger charge is 2.24. The molecular weight excluding hydrogens is 431 g/mol. The minimum absolute atomic E-state index is 0.0766. The Kier molecular flexibility index (Phi) is 7.03. The first-order valence-corrected chi connectivity index (χ1v) is 11.0. The molecule has 1 N–H and O–H groups in total. The van der Waals surface area contributed by atoms with Crippen molar-refractivity contribution in [2.24, 2.45) is 0 Å². The minimum atomic E-state index is -3.80. The van der Waals surface area contributed by atoms with Gasteiger partial charge in [0.25, 0.3) is 0 Å². The number of nitrogens with one attached hydrogen (secondary N) is 1. The second-order valence-electron chi connectivity index (χ2n) is 6.00. The summed E-state index contributed by atoms with van der Waals surface area (Å²) in [4.78, 5) is 12.6. The van der Waals surface area contributed by atoms with Gasteiger partial charge in [-0.25, -0.2) is 8.42 Å². The molecule has 2 aromatic carbocycles. The maximum atomic E-state index is 12.6. The molecular formula is C18H19Cl3N2O3S. The van der Waals surface area contributed by atoms with Crippen LogP contribution in [-0.2, 0) is 21.2 Å². The van der Waals surface area contributed by atoms with Crippen molar-refractivity contribution in [2.45, 2.75) is 20.3 Å². The lowest BCUT2D eigenvalue weighted by atomic mass is 10.1. The molecule has 27 heavy (non-hydrogen) atoms. The topological polar surface area (TPSA) is 66.5 Å². The van der Waals surface area contributed by atoms with Gasteiger partial charge in [0.15, 0.2) is 0 Å². The molecule has 0 radical (unpaired) electrons. The number of halogens is 3. The van der Waals surface area contributed by atoms with E-state index in [1.165, 1.54) is 12.1 Å². The molecule has 0 heterocycles. The Labute approximate surface area is 174 Å². The third kappa shape index (κ3) is 5.29. The summed E-state index contributed by atoms with van der Waals surface area (Å²) in [5, 5.41) is 3.20. The zero-order valence-electron chi connectivity index (χ0n) is 15.0. The number of carbonyl (C=O) groups is 1. The second-order valence-corrected chi connectivity index (χ2v) is 9.13. The molecule has 0 atom stereocenters. The molecule has 0 aromatic heterocycles. The van der Waals surface area contributed by atoms with E-state index in [4.69, 9.17) is 34.8 Å². The van der Waals surface area contributed by atoms with E-state index >= 15 is 0 Å². The lowest BCUT2D eigenvalue weighted by Gasteiger charge is -2.24. The van der Waals surface area contributed by atoms with E-state index in [0.29, 0.717) is 5.69 Å². The third-order valence-electron chi connectivity index (χ3n) is 3.95. The largest absolute Gasteiger partial charge is 0.324 e. The van der Waals surface area contributed by atoms with Crippen LogP contribution >= 0.6 is 34.8 Å². The molecule has 0 spiro atoms. The van der Waals surface area contributed by atoms with Crippen LogP contribution in [-0.4, -0.2) is 27.1 Å². The van der Waals surface area contributed by atoms with Crippen molar-refractivity contribution in [3.63, 3.8) is 0 Å². The first-order chi connectivity index (χ1) is 12.5. The van der Waals surface area contributed by atoms with E-state index in [1.807, 2.05) is 32.0 Å². The standard InChI is InChI=1S/C18H19Cl3N2O3S/c1-4-12-7-5-6-11(2)18(12)22-17(24)10-23(27(3,25)26)16-9-14(20)13(19)8-15(16)21/h5-9H,4,10H2,1-3H3,(H,22,24). The number of hydrogen-bond acceptors (Lipinski definition) is 3. The highest BCUT2D eigenvalue weighted by Crippen LogP contribution is 2.35. The predicted molar refractivity (Wildman–Crippen MR) is 113 cm³/mol. The van der Waals surface area contributed by atoms with Gasteiger partial charge in [0.1, 0.15) is 6.54 Å². The van der Waals surface area contributed by atoms with Crippen LogP contribution in [0.4, 0.5) is 11.4 Å². The number of anilines is 2. The molecule has 1 amide bonds. The highest BCUT2D eigenvalue weighted by molar-refractivity contribution is 7.92. The van der Waals surface area contributed by atoms with Crippen LogP contribution in [0.25, 0.3) is 0 Å². The van der Waals surface area contributed by atoms with Crippen molar-refractivity contribution < 1.29 is 13.2 Å². The number of carbonyl (C=O) groups excluding carboxylic acids is 1. The number of sulfonamides is 1. The summed E-state index contributed by atoms with van der Waals surface area (Å²) in [6.07, 6.45) is 1.72. The normalized spacial score (nSPS) is 11.3. The Bertz CT molecular complexity index is 978. The monoisotopic (exact) mass is 448 g/mol. The average Bonchev–Trinajstić information content (AvgIpc) is 2.57. The molecule has 5 nitrogen and oxygen atoms in total. The molecule has 146 valence electrons. The molecule has 2 rings (SSSR count). The molecule has 0 aliphatic rings. The summed E-state index contributed by atoms with van der Waals surface area (Å²) in [6.45, 7) is 3.40. The summed E-state index contributed by atoms with van der Waals surface area (Å²) in [7, 11) is -3.80. The van der Waals surface area contributed by atoms with Gasteiger partial charge in [-0.15, -0.1) is 0 Å². The minimum Gasteiger partial charge on any atom is -0.324 e. The van der Waals surface area contributed by atoms with Gasteiger partial charge < -0.3 is 5.32 Å². The van der Waals surface area contributed by atoms with Crippen molar-refractivity contribution in [2.75, 3.05) is 22.4 Å². The lowest BCUT2D eigenvalue weighted by Crippen LogP contribution is -2.37. The Hall–Kier alpha value is -1.47. The van der Waals surface area contributed by atoms with Crippen LogP contribution in [0.15, 0.2) is 30.3 Å². The zero-order valence-corrected chi connectivity index (χ0v) is 18.1. The van der Waals surface area contributed by atoms with Crippen LogP contribution in [0.2, 0.25) is 15.1 Å². The fourth-order valence-corrected chi connectivity index (χ4v) is 4.15. The molecule has 9 heteroatoms. The number of amides is 1. The quantitative estimate of drug-likeness (QED) is 0.636. The van der Waals surface area contributed by atoms with Crippen LogP contribution < -0.4 is 9.62 Å². The molecule has 0 aliphatic carbocycles. The maximum absolute atomic E-state index is 12.6. The van der Waals surface area contributed by atoms with E-state index in [0.717, 1.165) is 28.1 Å². The van der Waals surface area contributed by atoms with Gasteiger partial charge in [-0.1, -0.05) is 59.9 Å². The van der Waals surface area contributed by atoms with Crippen molar-refractivity contribution >= 4 is 62.1 Å². The van der Waals surface area contributed by atoms with Gasteiger partial charge in [-0.05, 0) is 36.6 Å². The number of hydrogen-bond donors (Lipinski definition) is 1. The lowest BCUT2D eigenvalue weighted by molar-refractivity contribution is -0.114. The number of nitrogens with zero attached hydrogens (tertiary/aromatic N) is 1. The van der Waals surface area contributed by atoms with Crippen LogP contribution in [0.3, 0.4) is 0 Å². The Balaban J connectivity index is 2.36. The van der Waals surface area contributed by atoms with Crippen LogP contribution in [0.5, 0.6) is 0 Å². The summed E-state index contributed by atoms with van der Waals surface area (Å²) >= 11 is 18.0. The van der Waals surface area contributed by atoms with Crippen molar-refractivity contribution in [1.29, 1.82) is 0 Å². The summed E-state index contributed by atoms with van der Waals surface area (Å²) in [6, 6.07) is 8.35. The smallest absolute Gasteiger partial charge is 0.245 e. The number of para-hydroxylation sites is 1. The number of aryl methyl sites for hydroxylation is 2.